The second-order valence-corrected chi connectivity index (χ2v) is 7.67. The fraction of sp³-hybridized carbons (Fsp3) is 0.889. The van der Waals surface area contributed by atoms with E-state index in [-0.39, 0.29) is 6.10 Å². The zero-order valence-corrected chi connectivity index (χ0v) is 13.2. The van der Waals surface area contributed by atoms with Gasteiger partial charge in [0.1, 0.15) is 0 Å². The van der Waals surface area contributed by atoms with Crippen LogP contribution >= 0.6 is 0 Å². The van der Waals surface area contributed by atoms with Gasteiger partial charge in [-0.2, -0.15) is 0 Å². The van der Waals surface area contributed by atoms with Crippen molar-refractivity contribution in [2.75, 3.05) is 0 Å². The van der Waals surface area contributed by atoms with E-state index in [1.54, 1.807) is 0 Å². The summed E-state index contributed by atoms with van der Waals surface area (Å²) in [7, 11) is 0. The number of hydrogen-bond donors (Lipinski definition) is 1. The maximum Gasteiger partial charge on any atom is 0.0573 e. The first-order valence-electron chi connectivity index (χ1n) is 8.30. The summed E-state index contributed by atoms with van der Waals surface area (Å²) in [6, 6.07) is 0. The van der Waals surface area contributed by atoms with Gasteiger partial charge < -0.3 is 5.11 Å². The fourth-order valence-corrected chi connectivity index (χ4v) is 4.75. The second kappa shape index (κ2) is 5.99. The first kappa shape index (κ1) is 15.1. The summed E-state index contributed by atoms with van der Waals surface area (Å²) in [5.74, 6) is 2.76. The molecule has 0 aliphatic heterocycles. The first-order chi connectivity index (χ1) is 8.95. The van der Waals surface area contributed by atoms with Crippen LogP contribution in [0.2, 0.25) is 0 Å². The molecule has 0 heterocycles. The minimum Gasteiger partial charge on any atom is -0.393 e. The molecule has 2 fully saturated rings. The molecule has 2 aliphatic carbocycles. The molecule has 110 valence electrons. The lowest BCUT2D eigenvalue weighted by Crippen LogP contribution is -2.41. The van der Waals surface area contributed by atoms with E-state index < -0.39 is 0 Å². The Morgan fingerprint density at radius 2 is 1.95 bits per heavy atom. The average molecular weight is 264 g/mol. The smallest absolute Gasteiger partial charge is 0.0573 e. The van der Waals surface area contributed by atoms with E-state index in [1.165, 1.54) is 32.1 Å². The molecule has 2 saturated carbocycles. The van der Waals surface area contributed by atoms with Crippen molar-refractivity contribution in [1.29, 1.82) is 0 Å². The van der Waals surface area contributed by atoms with Crippen LogP contribution in [0.25, 0.3) is 0 Å². The predicted molar refractivity (Wildman–Crippen MR) is 81.9 cm³/mol. The zero-order chi connectivity index (χ0) is 14.0. The van der Waals surface area contributed by atoms with Crippen molar-refractivity contribution in [3.63, 3.8) is 0 Å². The van der Waals surface area contributed by atoms with Crippen LogP contribution in [0.15, 0.2) is 12.2 Å². The van der Waals surface area contributed by atoms with Gasteiger partial charge in [-0.3, -0.25) is 0 Å². The lowest BCUT2D eigenvalue weighted by atomic mass is 9.62. The van der Waals surface area contributed by atoms with Crippen LogP contribution in [-0.4, -0.2) is 11.2 Å². The Morgan fingerprint density at radius 1 is 1.21 bits per heavy atom. The summed E-state index contributed by atoms with van der Waals surface area (Å²) in [5, 5.41) is 10.3. The van der Waals surface area contributed by atoms with Crippen LogP contribution in [0.3, 0.4) is 0 Å². The molecular formula is C18H32O. The van der Waals surface area contributed by atoms with Crippen LogP contribution in [0.1, 0.15) is 66.2 Å². The molecule has 0 bridgehead atoms. The van der Waals surface area contributed by atoms with Crippen molar-refractivity contribution in [3.8, 4) is 0 Å². The van der Waals surface area contributed by atoms with Crippen molar-refractivity contribution in [2.45, 2.75) is 72.3 Å². The standard InChI is InChI=1S/C18H32O/c1-13(2)7-5-8-14(3)15-10-11-16-17(19)9-6-12-18(15,16)4/h5,8,13-17,19H,6-7,9-12H2,1-4H3. The largest absolute Gasteiger partial charge is 0.393 e. The monoisotopic (exact) mass is 264 g/mol. The van der Waals surface area contributed by atoms with E-state index in [9.17, 15) is 5.11 Å². The molecule has 5 atom stereocenters. The molecule has 5 unspecified atom stereocenters. The molecule has 0 amide bonds. The highest BCUT2D eigenvalue weighted by Gasteiger charge is 2.51. The lowest BCUT2D eigenvalue weighted by molar-refractivity contribution is -0.0231. The van der Waals surface area contributed by atoms with Crippen molar-refractivity contribution in [2.24, 2.45) is 29.1 Å². The van der Waals surface area contributed by atoms with E-state index in [1.807, 2.05) is 0 Å². The van der Waals surface area contributed by atoms with Gasteiger partial charge in [0.2, 0.25) is 0 Å². The van der Waals surface area contributed by atoms with Gasteiger partial charge in [-0.1, -0.05) is 46.3 Å². The molecule has 2 aliphatic rings. The van der Waals surface area contributed by atoms with Crippen LogP contribution in [0.4, 0.5) is 0 Å². The molecular weight excluding hydrogens is 232 g/mol. The summed E-state index contributed by atoms with van der Waals surface area (Å²) in [6.07, 6.45) is 12.1. The summed E-state index contributed by atoms with van der Waals surface area (Å²) in [5.41, 5.74) is 0.388. The molecule has 0 aromatic rings. The molecule has 2 rings (SSSR count). The number of rotatable bonds is 4. The van der Waals surface area contributed by atoms with E-state index >= 15 is 0 Å². The number of aliphatic hydroxyl groups is 1. The first-order valence-corrected chi connectivity index (χ1v) is 8.30. The average Bonchev–Trinajstić information content (AvgIpc) is 2.67. The second-order valence-electron chi connectivity index (χ2n) is 7.67. The van der Waals surface area contributed by atoms with Crippen molar-refractivity contribution in [1.82, 2.24) is 0 Å². The Balaban J connectivity index is 2.02. The number of hydrogen-bond acceptors (Lipinski definition) is 1. The third-order valence-electron chi connectivity index (χ3n) is 5.84. The molecule has 0 radical (unpaired) electrons. The van der Waals surface area contributed by atoms with E-state index in [0.29, 0.717) is 17.3 Å². The SMILES string of the molecule is CC(C)CC=CC(C)C1CCC2C(O)CCCC12C. The molecule has 0 spiro atoms. The Bertz CT molecular complexity index is 320. The summed E-state index contributed by atoms with van der Waals surface area (Å²) in [6.45, 7) is 9.39. The summed E-state index contributed by atoms with van der Waals surface area (Å²) < 4.78 is 0. The van der Waals surface area contributed by atoms with Crippen LogP contribution < -0.4 is 0 Å². The zero-order valence-electron chi connectivity index (χ0n) is 13.2. The van der Waals surface area contributed by atoms with E-state index in [0.717, 1.165) is 18.3 Å². The summed E-state index contributed by atoms with van der Waals surface area (Å²) in [4.78, 5) is 0. The van der Waals surface area contributed by atoms with Gasteiger partial charge in [-0.25, -0.2) is 0 Å². The van der Waals surface area contributed by atoms with Gasteiger partial charge >= 0.3 is 0 Å². The molecule has 1 heteroatoms. The third-order valence-corrected chi connectivity index (χ3v) is 5.84. The number of aliphatic hydroxyl groups excluding tert-OH is 1. The van der Waals surface area contributed by atoms with Crippen LogP contribution in [0.5, 0.6) is 0 Å². The predicted octanol–water partition coefficient (Wildman–Crippen LogP) is 4.80. The normalized spacial score (nSPS) is 40.8. The minimum absolute atomic E-state index is 0.0319. The maximum absolute atomic E-state index is 10.3. The molecule has 0 aromatic carbocycles. The van der Waals surface area contributed by atoms with Gasteiger partial charge in [0.15, 0.2) is 0 Å². The lowest BCUT2D eigenvalue weighted by Gasteiger charge is -2.44. The highest BCUT2D eigenvalue weighted by atomic mass is 16.3. The summed E-state index contributed by atoms with van der Waals surface area (Å²) >= 11 is 0. The Labute approximate surface area is 119 Å². The Hall–Kier alpha value is -0.300. The molecule has 1 nitrogen and oxygen atoms in total. The van der Waals surface area contributed by atoms with Crippen LogP contribution in [-0.2, 0) is 0 Å². The van der Waals surface area contributed by atoms with Gasteiger partial charge in [-0.05, 0) is 61.2 Å². The van der Waals surface area contributed by atoms with Gasteiger partial charge in [0.25, 0.3) is 0 Å². The van der Waals surface area contributed by atoms with Crippen molar-refractivity contribution >= 4 is 0 Å². The fourth-order valence-electron chi connectivity index (χ4n) is 4.75. The topological polar surface area (TPSA) is 20.2 Å². The molecule has 0 aromatic heterocycles. The molecule has 0 saturated heterocycles. The Kier molecular flexibility index (Phi) is 4.76. The van der Waals surface area contributed by atoms with Crippen molar-refractivity contribution in [3.05, 3.63) is 12.2 Å². The highest BCUT2D eigenvalue weighted by Crippen LogP contribution is 2.57. The van der Waals surface area contributed by atoms with Gasteiger partial charge in [0, 0.05) is 0 Å². The quantitative estimate of drug-likeness (QED) is 0.723. The van der Waals surface area contributed by atoms with Crippen LogP contribution in [0, 0.1) is 29.1 Å². The highest BCUT2D eigenvalue weighted by molar-refractivity contribution is 5.05. The van der Waals surface area contributed by atoms with Gasteiger partial charge in [-0.15, -0.1) is 0 Å². The molecule has 19 heavy (non-hydrogen) atoms. The maximum atomic E-state index is 10.3. The minimum atomic E-state index is -0.0319. The molecule has 1 N–H and O–H groups in total. The number of fused-ring (bicyclic) bond motifs is 1. The van der Waals surface area contributed by atoms with Crippen molar-refractivity contribution < 1.29 is 5.11 Å². The third kappa shape index (κ3) is 3.07. The van der Waals surface area contributed by atoms with E-state index in [4.69, 9.17) is 0 Å². The van der Waals surface area contributed by atoms with Gasteiger partial charge in [0.05, 0.1) is 6.10 Å². The number of allylic oxidation sites excluding steroid dienone is 2. The Morgan fingerprint density at radius 3 is 2.63 bits per heavy atom. The van der Waals surface area contributed by atoms with E-state index in [2.05, 4.69) is 39.8 Å².